The van der Waals surface area contributed by atoms with Crippen LogP contribution in [-0.2, 0) is 15.8 Å². The molecule has 2 amide bonds. The van der Waals surface area contributed by atoms with Crippen LogP contribution in [0, 0.1) is 0 Å². The number of hydrogen-bond donors (Lipinski definition) is 2. The van der Waals surface area contributed by atoms with Crippen molar-refractivity contribution in [2.45, 2.75) is 17.8 Å². The Morgan fingerprint density at radius 1 is 1.29 bits per heavy atom. The van der Waals surface area contributed by atoms with Gasteiger partial charge in [-0.1, -0.05) is 48.2 Å². The van der Waals surface area contributed by atoms with Crippen molar-refractivity contribution in [2.24, 2.45) is 10.2 Å². The monoisotopic (exact) mass is 510 g/mol. The second-order valence-corrected chi connectivity index (χ2v) is 8.46. The maximum atomic E-state index is 13.0. The zero-order valence-electron chi connectivity index (χ0n) is 17.4. The van der Waals surface area contributed by atoms with Crippen molar-refractivity contribution in [2.75, 3.05) is 11.9 Å². The lowest BCUT2D eigenvalue weighted by atomic mass is 10.2. The van der Waals surface area contributed by atoms with Crippen molar-refractivity contribution >= 4 is 52.2 Å². The first-order chi connectivity index (χ1) is 16.2. The summed E-state index contributed by atoms with van der Waals surface area (Å²) in [5.74, 6) is -0.459. The maximum absolute atomic E-state index is 13.0. The van der Waals surface area contributed by atoms with E-state index in [-0.39, 0.29) is 17.3 Å². The molecule has 12 heteroatoms. The molecule has 2 N–H and O–H groups in total. The predicted molar refractivity (Wildman–Crippen MR) is 126 cm³/mol. The lowest BCUT2D eigenvalue weighted by Gasteiger charge is -2.12. The number of anilines is 1. The van der Waals surface area contributed by atoms with E-state index in [1.165, 1.54) is 12.3 Å². The van der Waals surface area contributed by atoms with Crippen molar-refractivity contribution in [3.05, 3.63) is 71.3 Å². The Morgan fingerprint density at radius 3 is 2.82 bits per heavy atom. The normalized spacial score (nSPS) is 17.1. The van der Waals surface area contributed by atoms with Gasteiger partial charge in [0.05, 0.1) is 16.8 Å². The van der Waals surface area contributed by atoms with Gasteiger partial charge in [-0.15, -0.1) is 5.10 Å². The van der Waals surface area contributed by atoms with Gasteiger partial charge in [0.2, 0.25) is 11.8 Å². The number of amides is 2. The van der Waals surface area contributed by atoms with Gasteiger partial charge in [0, 0.05) is 12.1 Å². The maximum Gasteiger partial charge on any atom is 0.417 e. The summed E-state index contributed by atoms with van der Waals surface area (Å²) in [4.78, 5) is 24.4. The average Bonchev–Trinajstić information content (AvgIpc) is 3.12. The Labute approximate surface area is 202 Å². The third-order valence-corrected chi connectivity index (χ3v) is 5.69. The topological polar surface area (TPSA) is 92.2 Å². The minimum absolute atomic E-state index is 0.0806. The van der Waals surface area contributed by atoms with Crippen LogP contribution in [0.25, 0.3) is 0 Å². The quantitative estimate of drug-likeness (QED) is 0.301. The molecule has 0 radical (unpaired) electrons. The van der Waals surface area contributed by atoms with Gasteiger partial charge in [0.15, 0.2) is 5.17 Å². The zero-order valence-corrected chi connectivity index (χ0v) is 19.0. The Morgan fingerprint density at radius 2 is 2.09 bits per heavy atom. The summed E-state index contributed by atoms with van der Waals surface area (Å²) < 4.78 is 44.4. The number of alkyl halides is 3. The van der Waals surface area contributed by atoms with Crippen molar-refractivity contribution in [1.82, 2.24) is 5.32 Å². The van der Waals surface area contributed by atoms with Crippen LogP contribution in [0.2, 0.25) is 5.02 Å². The van der Waals surface area contributed by atoms with Crippen LogP contribution >= 0.6 is 23.4 Å². The number of thioether (sulfide) groups is 1. The van der Waals surface area contributed by atoms with Gasteiger partial charge in [-0.3, -0.25) is 9.59 Å². The van der Waals surface area contributed by atoms with Gasteiger partial charge >= 0.3 is 6.18 Å². The molecule has 2 aromatic rings. The number of benzene rings is 2. The van der Waals surface area contributed by atoms with Crippen molar-refractivity contribution in [1.29, 1.82) is 0 Å². The first-order valence-corrected chi connectivity index (χ1v) is 11.0. The number of carbonyl (C=O) groups is 2. The van der Waals surface area contributed by atoms with E-state index in [9.17, 15) is 22.8 Å². The highest BCUT2D eigenvalue weighted by molar-refractivity contribution is 8.15. The minimum Gasteiger partial charge on any atom is -0.490 e. The predicted octanol–water partition coefficient (Wildman–Crippen LogP) is 4.87. The molecule has 0 bridgehead atoms. The van der Waals surface area contributed by atoms with Crippen LogP contribution in [0.4, 0.5) is 18.9 Å². The summed E-state index contributed by atoms with van der Waals surface area (Å²) in [6.45, 7) is 3.94. The van der Waals surface area contributed by atoms with E-state index in [0.717, 1.165) is 29.5 Å². The van der Waals surface area contributed by atoms with E-state index in [0.29, 0.717) is 12.4 Å². The van der Waals surface area contributed by atoms with Crippen LogP contribution in [0.3, 0.4) is 0 Å². The fourth-order valence-electron chi connectivity index (χ4n) is 2.77. The second-order valence-electron chi connectivity index (χ2n) is 6.86. The van der Waals surface area contributed by atoms with E-state index >= 15 is 0 Å². The molecule has 0 aliphatic carbocycles. The Bertz CT molecular complexity index is 1150. The standard InChI is InChI=1S/C22H18ClF3N4O3S/c1-2-8-33-15-5-3-4-13(9-15)12-27-30-21-29-20(32)18(34-21)11-19(31)28-14-6-7-17(23)16(10-14)22(24,25)26/h2-7,9-10,12,18H,1,8,11H2,(H,28,31)(H,29,30,32)/b27-12-/t18-/m1/s1. The molecule has 1 fully saturated rings. The second kappa shape index (κ2) is 11.2. The summed E-state index contributed by atoms with van der Waals surface area (Å²) in [5.41, 5.74) is -0.426. The SMILES string of the molecule is C=CCOc1cccc(/C=N\N=C2/NC(=O)[C@@H](CC(=O)Nc3ccc(Cl)c(C(F)(F)F)c3)S2)c1. The molecule has 1 aliphatic rings. The van der Waals surface area contributed by atoms with Crippen molar-refractivity contribution in [3.63, 3.8) is 0 Å². The van der Waals surface area contributed by atoms with Crippen molar-refractivity contribution < 1.29 is 27.5 Å². The van der Waals surface area contributed by atoms with Gasteiger partial charge in [-0.2, -0.15) is 18.3 Å². The molecule has 0 saturated carbocycles. The largest absolute Gasteiger partial charge is 0.490 e. The smallest absolute Gasteiger partial charge is 0.417 e. The Balaban J connectivity index is 1.57. The van der Waals surface area contributed by atoms with E-state index < -0.39 is 33.8 Å². The summed E-state index contributed by atoms with van der Waals surface area (Å²) >= 11 is 6.57. The number of carbonyl (C=O) groups excluding carboxylic acids is 2. The third-order valence-electron chi connectivity index (χ3n) is 4.28. The van der Waals surface area contributed by atoms with E-state index in [4.69, 9.17) is 16.3 Å². The number of halogens is 4. The number of rotatable bonds is 8. The van der Waals surface area contributed by atoms with Gasteiger partial charge in [0.25, 0.3) is 0 Å². The van der Waals surface area contributed by atoms with Gasteiger partial charge in [-0.05, 0) is 35.9 Å². The van der Waals surface area contributed by atoms with Gasteiger partial charge in [-0.25, -0.2) is 0 Å². The molecule has 0 unspecified atom stereocenters. The van der Waals surface area contributed by atoms with Crippen LogP contribution in [0.5, 0.6) is 5.75 Å². The lowest BCUT2D eigenvalue weighted by Crippen LogP contribution is -2.28. The van der Waals surface area contributed by atoms with Crippen LogP contribution in [0.15, 0.2) is 65.3 Å². The van der Waals surface area contributed by atoms with E-state index in [2.05, 4.69) is 27.4 Å². The molecule has 7 nitrogen and oxygen atoms in total. The number of ether oxygens (including phenoxy) is 1. The summed E-state index contributed by atoms with van der Waals surface area (Å²) in [7, 11) is 0. The van der Waals surface area contributed by atoms with E-state index in [1.807, 2.05) is 0 Å². The zero-order chi connectivity index (χ0) is 24.7. The molecular formula is C22H18ClF3N4O3S. The van der Waals surface area contributed by atoms with Crippen LogP contribution in [0.1, 0.15) is 17.5 Å². The fourth-order valence-corrected chi connectivity index (χ4v) is 3.92. The first kappa shape index (κ1) is 25.3. The summed E-state index contributed by atoms with van der Waals surface area (Å²) in [5, 5.41) is 11.7. The highest BCUT2D eigenvalue weighted by Crippen LogP contribution is 2.36. The summed E-state index contributed by atoms with van der Waals surface area (Å²) in [6, 6.07) is 10.1. The van der Waals surface area contributed by atoms with Crippen LogP contribution in [-0.4, -0.2) is 35.1 Å². The van der Waals surface area contributed by atoms with Crippen LogP contribution < -0.4 is 15.4 Å². The molecule has 3 rings (SSSR count). The van der Waals surface area contributed by atoms with E-state index in [1.54, 1.807) is 30.3 Å². The highest BCUT2D eigenvalue weighted by atomic mass is 35.5. The number of nitrogens with one attached hydrogen (secondary N) is 2. The van der Waals surface area contributed by atoms with Gasteiger partial charge < -0.3 is 15.4 Å². The molecular weight excluding hydrogens is 493 g/mol. The minimum atomic E-state index is -4.66. The molecule has 178 valence electrons. The molecule has 1 atom stereocenters. The molecule has 0 spiro atoms. The first-order valence-electron chi connectivity index (χ1n) is 9.74. The number of hydrogen-bond acceptors (Lipinski definition) is 6. The summed E-state index contributed by atoms with van der Waals surface area (Å²) in [6.07, 6.45) is -1.84. The van der Waals surface area contributed by atoms with Crippen molar-refractivity contribution in [3.8, 4) is 5.75 Å². The highest BCUT2D eigenvalue weighted by Gasteiger charge is 2.34. The molecule has 2 aromatic carbocycles. The average molecular weight is 511 g/mol. The number of amidine groups is 1. The fraction of sp³-hybridized carbons (Fsp3) is 0.182. The lowest BCUT2D eigenvalue weighted by molar-refractivity contribution is -0.137. The molecule has 0 aromatic heterocycles. The third kappa shape index (κ3) is 7.09. The molecule has 1 aliphatic heterocycles. The molecule has 34 heavy (non-hydrogen) atoms. The van der Waals surface area contributed by atoms with Gasteiger partial charge in [0.1, 0.15) is 17.6 Å². The Hall–Kier alpha value is -3.31. The Kier molecular flexibility index (Phi) is 8.35. The molecule has 1 heterocycles. The number of nitrogens with zero attached hydrogens (tertiary/aromatic N) is 2. The molecule has 1 saturated heterocycles.